The average molecular weight is 322 g/mol. The van der Waals surface area contributed by atoms with Crippen molar-refractivity contribution in [3.05, 3.63) is 42.2 Å². The van der Waals surface area contributed by atoms with Crippen molar-refractivity contribution in [1.82, 2.24) is 20.1 Å². The van der Waals surface area contributed by atoms with Crippen LogP contribution in [0.3, 0.4) is 0 Å². The number of carbonyl (C=O) groups is 1. The Hall–Kier alpha value is -2.22. The Bertz CT molecular complexity index is 740. The second-order valence-electron chi connectivity index (χ2n) is 4.94. The molecule has 8 heteroatoms. The first-order valence-electron chi connectivity index (χ1n) is 6.82. The molecule has 0 unspecified atom stereocenters. The molecular formula is C14H18N4O3S. The van der Waals surface area contributed by atoms with Crippen LogP contribution in [0.2, 0.25) is 0 Å². The lowest BCUT2D eigenvalue weighted by atomic mass is 10.1. The molecule has 0 fully saturated rings. The fourth-order valence-corrected chi connectivity index (χ4v) is 3.24. The lowest BCUT2D eigenvalue weighted by molar-refractivity contribution is -0.120. The number of sulfone groups is 1. The summed E-state index contributed by atoms with van der Waals surface area (Å²) in [7, 11) is -2.32. The molecule has 2 rings (SSSR count). The van der Waals surface area contributed by atoms with Crippen molar-refractivity contribution < 1.29 is 13.2 Å². The van der Waals surface area contributed by atoms with E-state index in [-0.39, 0.29) is 5.16 Å². The minimum Gasteiger partial charge on any atom is -0.355 e. The molecule has 0 saturated heterocycles. The number of amides is 1. The van der Waals surface area contributed by atoms with Crippen LogP contribution in [0.1, 0.15) is 12.5 Å². The van der Waals surface area contributed by atoms with E-state index in [9.17, 15) is 13.2 Å². The largest absolute Gasteiger partial charge is 0.355 e. The van der Waals surface area contributed by atoms with Gasteiger partial charge >= 0.3 is 0 Å². The highest BCUT2D eigenvalue weighted by Crippen LogP contribution is 2.12. The van der Waals surface area contributed by atoms with Crippen molar-refractivity contribution in [2.75, 3.05) is 6.54 Å². The van der Waals surface area contributed by atoms with E-state index in [4.69, 9.17) is 0 Å². The van der Waals surface area contributed by atoms with Crippen molar-refractivity contribution in [3.63, 3.8) is 0 Å². The summed E-state index contributed by atoms with van der Waals surface area (Å²) in [6.07, 6.45) is 1.93. The fourth-order valence-electron chi connectivity index (χ4n) is 1.95. The van der Waals surface area contributed by atoms with Gasteiger partial charge in [0.05, 0.1) is 0 Å². The van der Waals surface area contributed by atoms with Gasteiger partial charge in [0.25, 0.3) is 0 Å². The second-order valence-corrected chi connectivity index (χ2v) is 7.10. The van der Waals surface area contributed by atoms with Gasteiger partial charge in [-0.1, -0.05) is 30.3 Å². The summed E-state index contributed by atoms with van der Waals surface area (Å²) in [6.45, 7) is 1.73. The van der Waals surface area contributed by atoms with Gasteiger partial charge in [-0.25, -0.2) is 8.42 Å². The van der Waals surface area contributed by atoms with Gasteiger partial charge in [-0.2, -0.15) is 0 Å². The first-order valence-corrected chi connectivity index (χ1v) is 8.37. The van der Waals surface area contributed by atoms with Gasteiger partial charge in [-0.3, -0.25) is 4.79 Å². The number of carbonyl (C=O) groups excluding carboxylic acids is 1. The number of benzene rings is 1. The van der Waals surface area contributed by atoms with Crippen LogP contribution in [0.5, 0.6) is 0 Å². The third kappa shape index (κ3) is 3.51. The standard InChI is InChI=1S/C14H18N4O3S/c1-11(22(20,21)14-17-16-10-18(14)2)13(19)15-9-8-12-6-4-3-5-7-12/h3-7,10-11H,8-9H2,1-2H3,(H,15,19)/t11-/m1/s1. The molecule has 7 nitrogen and oxygen atoms in total. The molecule has 22 heavy (non-hydrogen) atoms. The van der Waals surface area contributed by atoms with E-state index in [1.165, 1.54) is 24.9 Å². The molecule has 0 aliphatic heterocycles. The fraction of sp³-hybridized carbons (Fsp3) is 0.357. The molecular weight excluding hydrogens is 304 g/mol. The summed E-state index contributed by atoms with van der Waals surface area (Å²) in [5.74, 6) is -0.543. The highest BCUT2D eigenvalue weighted by molar-refractivity contribution is 7.92. The lowest BCUT2D eigenvalue weighted by Gasteiger charge is -2.12. The van der Waals surface area contributed by atoms with Crippen molar-refractivity contribution in [2.45, 2.75) is 23.8 Å². The molecule has 0 aliphatic carbocycles. The number of nitrogens with zero attached hydrogens (tertiary/aromatic N) is 3. The molecule has 1 N–H and O–H groups in total. The van der Waals surface area contributed by atoms with Crippen molar-refractivity contribution in [1.29, 1.82) is 0 Å². The van der Waals surface area contributed by atoms with Crippen LogP contribution in [0, 0.1) is 0 Å². The molecule has 0 radical (unpaired) electrons. The first-order chi connectivity index (χ1) is 10.4. The third-order valence-corrected chi connectivity index (χ3v) is 5.34. The summed E-state index contributed by atoms with van der Waals surface area (Å²) in [6, 6.07) is 9.64. The van der Waals surface area contributed by atoms with Crippen molar-refractivity contribution >= 4 is 15.7 Å². The molecule has 118 valence electrons. The summed E-state index contributed by atoms with van der Waals surface area (Å²) in [5, 5.41) is 8.31. The number of hydrogen-bond acceptors (Lipinski definition) is 5. The number of nitrogens with one attached hydrogen (secondary N) is 1. The van der Waals surface area contributed by atoms with E-state index in [0.717, 1.165) is 5.56 Å². The van der Waals surface area contributed by atoms with Crippen LogP contribution in [-0.4, -0.2) is 40.9 Å². The van der Waals surface area contributed by atoms with Crippen molar-refractivity contribution in [2.24, 2.45) is 7.05 Å². The Balaban J connectivity index is 1.96. The Morgan fingerprint density at radius 3 is 2.59 bits per heavy atom. The summed E-state index contributed by atoms with van der Waals surface area (Å²) in [5.41, 5.74) is 1.08. The van der Waals surface area contributed by atoms with Gasteiger partial charge in [-0.15, -0.1) is 10.2 Å². The van der Waals surface area contributed by atoms with Gasteiger partial charge in [0.15, 0.2) is 0 Å². The SMILES string of the molecule is C[C@H](C(=O)NCCc1ccccc1)S(=O)(=O)c1nncn1C. The molecule has 1 amide bonds. The van der Waals surface area contributed by atoms with Crippen LogP contribution in [0.25, 0.3) is 0 Å². The van der Waals surface area contributed by atoms with E-state index in [2.05, 4.69) is 15.5 Å². The van der Waals surface area contributed by atoms with Gasteiger partial charge in [0.1, 0.15) is 11.6 Å². The predicted molar refractivity (Wildman–Crippen MR) is 80.8 cm³/mol. The maximum atomic E-state index is 12.3. The second kappa shape index (κ2) is 6.69. The molecule has 0 aliphatic rings. The highest BCUT2D eigenvalue weighted by atomic mass is 32.2. The number of rotatable bonds is 6. The maximum Gasteiger partial charge on any atom is 0.250 e. The van der Waals surface area contributed by atoms with Crippen LogP contribution >= 0.6 is 0 Å². The zero-order valence-corrected chi connectivity index (χ0v) is 13.2. The minimum atomic E-state index is -3.84. The molecule has 0 spiro atoms. The molecule has 1 heterocycles. The van der Waals surface area contributed by atoms with Crippen molar-refractivity contribution in [3.8, 4) is 0 Å². The topological polar surface area (TPSA) is 93.9 Å². The van der Waals surface area contributed by atoms with Gasteiger partial charge in [0, 0.05) is 13.6 Å². The molecule has 1 aromatic carbocycles. The molecule has 0 saturated carbocycles. The third-order valence-electron chi connectivity index (χ3n) is 3.31. The average Bonchev–Trinajstić information content (AvgIpc) is 2.94. The summed E-state index contributed by atoms with van der Waals surface area (Å²) < 4.78 is 25.9. The van der Waals surface area contributed by atoms with Gasteiger partial charge < -0.3 is 9.88 Å². The van der Waals surface area contributed by atoms with E-state index in [1.54, 1.807) is 0 Å². The molecule has 1 aromatic heterocycles. The molecule has 2 aromatic rings. The van der Waals surface area contributed by atoms with E-state index >= 15 is 0 Å². The normalized spacial score (nSPS) is 12.8. The van der Waals surface area contributed by atoms with Gasteiger partial charge in [-0.05, 0) is 18.9 Å². The molecule has 0 bridgehead atoms. The monoisotopic (exact) mass is 322 g/mol. The smallest absolute Gasteiger partial charge is 0.250 e. The van der Waals surface area contributed by atoms with Crippen LogP contribution < -0.4 is 5.32 Å². The van der Waals surface area contributed by atoms with Crippen LogP contribution in [0.4, 0.5) is 0 Å². The van der Waals surface area contributed by atoms with E-state index in [0.29, 0.717) is 13.0 Å². The van der Waals surface area contributed by atoms with E-state index < -0.39 is 21.0 Å². The zero-order valence-electron chi connectivity index (χ0n) is 12.4. The van der Waals surface area contributed by atoms with Gasteiger partial charge in [0.2, 0.25) is 20.9 Å². The first kappa shape index (κ1) is 16.2. The number of aromatic nitrogens is 3. The lowest BCUT2D eigenvalue weighted by Crippen LogP contribution is -2.39. The Kier molecular flexibility index (Phi) is 4.92. The summed E-state index contributed by atoms with van der Waals surface area (Å²) >= 11 is 0. The Labute approximate surface area is 129 Å². The zero-order chi connectivity index (χ0) is 16.2. The minimum absolute atomic E-state index is 0.210. The highest BCUT2D eigenvalue weighted by Gasteiger charge is 2.33. The van der Waals surface area contributed by atoms with Crippen LogP contribution in [0.15, 0.2) is 41.8 Å². The quantitative estimate of drug-likeness (QED) is 0.827. The maximum absolute atomic E-state index is 12.3. The Morgan fingerprint density at radius 1 is 1.32 bits per heavy atom. The number of aryl methyl sites for hydroxylation is 1. The molecule has 1 atom stereocenters. The Morgan fingerprint density at radius 2 is 2.00 bits per heavy atom. The number of hydrogen-bond donors (Lipinski definition) is 1. The van der Waals surface area contributed by atoms with Crippen LogP contribution in [-0.2, 0) is 28.1 Å². The van der Waals surface area contributed by atoms with E-state index in [1.807, 2.05) is 30.3 Å². The summed E-state index contributed by atoms with van der Waals surface area (Å²) in [4.78, 5) is 12.0. The predicted octanol–water partition coefficient (Wildman–Crippen LogP) is 0.336.